The Hall–Kier alpha value is -4.04. The molecule has 0 saturated carbocycles. The first-order valence-corrected chi connectivity index (χ1v) is 16.8. The van der Waals surface area contributed by atoms with Crippen LogP contribution in [0.4, 0.5) is 0 Å². The van der Waals surface area contributed by atoms with Gasteiger partial charge >= 0.3 is 0 Å². The van der Waals surface area contributed by atoms with Crippen molar-refractivity contribution in [1.29, 1.82) is 0 Å². The number of aliphatic hydroxyl groups is 1. The van der Waals surface area contributed by atoms with Crippen molar-refractivity contribution >= 4 is 35.2 Å². The number of primary amides is 1. The number of phenolic OH excluding ortho intramolecular Hbond substituents is 1. The number of hydrogen-bond acceptors (Lipinski definition) is 13. The molecule has 18 nitrogen and oxygen atoms in total. The van der Waals surface area contributed by atoms with Gasteiger partial charge < -0.3 is 51.4 Å². The first-order valence-electron chi connectivity index (χ1n) is 16.8. The number of nitrogens with two attached hydrogens (primary N) is 1. The molecule has 0 fully saturated rings. The third-order valence-corrected chi connectivity index (χ3v) is 7.33. The van der Waals surface area contributed by atoms with Gasteiger partial charge in [-0.15, -0.1) is 0 Å². The maximum Gasteiger partial charge on any atom is 0.245 e. The van der Waals surface area contributed by atoms with E-state index in [-0.39, 0.29) is 63.3 Å². The lowest BCUT2D eigenvalue weighted by Crippen LogP contribution is -2.51. The van der Waals surface area contributed by atoms with E-state index in [1.54, 1.807) is 12.1 Å². The number of hydrogen-bond donors (Lipinski definition) is 8. The number of nitrogens with one attached hydrogen (secondary N) is 6. The van der Waals surface area contributed by atoms with Gasteiger partial charge in [-0.2, -0.15) is 0 Å². The van der Waals surface area contributed by atoms with Gasteiger partial charge in [-0.05, 0) is 50.3 Å². The van der Waals surface area contributed by atoms with Crippen molar-refractivity contribution in [1.82, 2.24) is 32.3 Å². The fraction of sp³-hybridized carbons (Fsp3) is 0.636. The lowest BCUT2D eigenvalue weighted by atomic mass is 10.0. The number of unbranched alkanes of at least 4 members (excludes halogenated alkanes) is 1. The Balaban J connectivity index is 2.44. The first kappa shape index (κ1) is 45.0. The van der Waals surface area contributed by atoms with Crippen LogP contribution in [-0.4, -0.2) is 142 Å². The Labute approximate surface area is 298 Å². The van der Waals surface area contributed by atoms with E-state index in [4.69, 9.17) is 25.7 Å². The number of aliphatic hydroxyl groups excluding tert-OH is 1. The fourth-order valence-corrected chi connectivity index (χ4v) is 4.37. The van der Waals surface area contributed by atoms with Gasteiger partial charge in [-0.3, -0.25) is 34.1 Å². The van der Waals surface area contributed by atoms with E-state index in [9.17, 15) is 39.0 Å². The quantitative estimate of drug-likeness (QED) is 0.0370. The van der Waals surface area contributed by atoms with Crippen molar-refractivity contribution in [3.8, 4) is 5.75 Å². The summed E-state index contributed by atoms with van der Waals surface area (Å²) in [6.45, 7) is 3.85. The number of rotatable bonds is 30. The molecular formula is C33H54N7O11. The van der Waals surface area contributed by atoms with Crippen LogP contribution < -0.4 is 38.1 Å². The molecule has 51 heavy (non-hydrogen) atoms. The summed E-state index contributed by atoms with van der Waals surface area (Å²) < 4.78 is 15.9. The third kappa shape index (κ3) is 21.7. The summed E-state index contributed by atoms with van der Waals surface area (Å²) in [4.78, 5) is 72.6. The van der Waals surface area contributed by atoms with Crippen LogP contribution in [0.15, 0.2) is 24.3 Å². The predicted octanol–water partition coefficient (Wildman–Crippen LogP) is -2.90. The average molecular weight is 725 g/mol. The SMILES string of the molecule is CC(=O)NCCOCCOCCOCC(=O)NCCCC[C@H](NCC(=O)C(C)NC(=O)[C@@H]([NH])Cc1ccc(O)cc1)C(=O)CN[C@@H](CO)C(N)=O. The first-order chi connectivity index (χ1) is 24.3. The maximum absolute atomic E-state index is 13.0. The summed E-state index contributed by atoms with van der Waals surface area (Å²) in [6, 6.07) is 2.00. The minimum absolute atomic E-state index is 0.0632. The number of carbonyl (C=O) groups excluding carboxylic acids is 6. The number of phenols is 1. The molecule has 10 N–H and O–H groups in total. The van der Waals surface area contributed by atoms with Gasteiger partial charge in [-0.25, -0.2) is 5.73 Å². The number of ketones is 2. The number of amides is 4. The largest absolute Gasteiger partial charge is 0.508 e. The van der Waals surface area contributed by atoms with Crippen LogP contribution >= 0.6 is 0 Å². The molecule has 0 aliphatic carbocycles. The van der Waals surface area contributed by atoms with Crippen molar-refractivity contribution < 1.29 is 53.2 Å². The number of carbonyl (C=O) groups is 6. The molecule has 1 radical (unpaired) electrons. The van der Waals surface area contributed by atoms with Gasteiger partial charge in [0.15, 0.2) is 11.6 Å². The van der Waals surface area contributed by atoms with Crippen LogP contribution in [-0.2, 0) is 49.4 Å². The molecule has 4 amide bonds. The van der Waals surface area contributed by atoms with E-state index < -0.39 is 54.2 Å². The zero-order valence-corrected chi connectivity index (χ0v) is 29.4. The van der Waals surface area contributed by atoms with Crippen molar-refractivity contribution in [2.45, 2.75) is 63.7 Å². The molecule has 18 heteroatoms. The number of ether oxygens (including phenoxy) is 3. The lowest BCUT2D eigenvalue weighted by Gasteiger charge is -2.21. The van der Waals surface area contributed by atoms with Gasteiger partial charge in [0.1, 0.15) is 24.4 Å². The minimum Gasteiger partial charge on any atom is -0.508 e. The molecule has 0 saturated heterocycles. The van der Waals surface area contributed by atoms with Crippen LogP contribution in [0.25, 0.3) is 0 Å². The van der Waals surface area contributed by atoms with Gasteiger partial charge in [0.25, 0.3) is 0 Å². The Morgan fingerprint density at radius 2 is 1.43 bits per heavy atom. The van der Waals surface area contributed by atoms with E-state index >= 15 is 0 Å². The van der Waals surface area contributed by atoms with Crippen LogP contribution in [0.1, 0.15) is 38.7 Å². The third-order valence-electron chi connectivity index (χ3n) is 7.33. The molecule has 0 aliphatic rings. The molecule has 1 rings (SSSR count). The Bertz CT molecular complexity index is 1220. The summed E-state index contributed by atoms with van der Waals surface area (Å²) in [6.07, 6.45) is 1.33. The zero-order chi connectivity index (χ0) is 38.0. The molecule has 1 aromatic rings. The number of benzene rings is 1. The van der Waals surface area contributed by atoms with Gasteiger partial charge in [0.05, 0.1) is 64.8 Å². The van der Waals surface area contributed by atoms with Crippen LogP contribution in [0.2, 0.25) is 0 Å². The highest BCUT2D eigenvalue weighted by atomic mass is 16.5. The molecule has 0 heterocycles. The zero-order valence-electron chi connectivity index (χ0n) is 29.4. The van der Waals surface area contributed by atoms with E-state index in [1.807, 2.05) is 0 Å². The van der Waals surface area contributed by atoms with E-state index in [2.05, 4.69) is 26.6 Å². The second-order valence-electron chi connectivity index (χ2n) is 11.6. The normalized spacial score (nSPS) is 13.4. The molecule has 0 spiro atoms. The lowest BCUT2D eigenvalue weighted by molar-refractivity contribution is -0.128. The highest BCUT2D eigenvalue weighted by molar-refractivity contribution is 5.92. The molecule has 287 valence electrons. The van der Waals surface area contributed by atoms with Crippen LogP contribution in [0, 0.1) is 0 Å². The van der Waals surface area contributed by atoms with Crippen molar-refractivity contribution in [3.05, 3.63) is 29.8 Å². The molecule has 0 aromatic heterocycles. The Morgan fingerprint density at radius 1 is 0.824 bits per heavy atom. The Morgan fingerprint density at radius 3 is 2.06 bits per heavy atom. The number of Topliss-reactive ketones (excluding diaryl/α,β-unsaturated/α-hetero) is 2. The minimum atomic E-state index is -1.19. The van der Waals surface area contributed by atoms with Crippen molar-refractivity contribution in [2.75, 3.05) is 72.4 Å². The average Bonchev–Trinajstić information content (AvgIpc) is 3.08. The van der Waals surface area contributed by atoms with Gasteiger partial charge in [0.2, 0.25) is 23.6 Å². The molecule has 0 bridgehead atoms. The monoisotopic (exact) mass is 724 g/mol. The second kappa shape index (κ2) is 26.7. The van der Waals surface area contributed by atoms with E-state index in [0.29, 0.717) is 51.3 Å². The molecule has 4 atom stereocenters. The highest BCUT2D eigenvalue weighted by Crippen LogP contribution is 2.11. The smallest absolute Gasteiger partial charge is 0.245 e. The molecule has 0 aliphatic heterocycles. The topological polar surface area (TPSA) is 281 Å². The van der Waals surface area contributed by atoms with Gasteiger partial charge in [-0.1, -0.05) is 12.1 Å². The van der Waals surface area contributed by atoms with Crippen molar-refractivity contribution in [2.24, 2.45) is 5.73 Å². The summed E-state index contributed by atoms with van der Waals surface area (Å²) in [7, 11) is 0. The summed E-state index contributed by atoms with van der Waals surface area (Å²) in [5.74, 6) is -2.69. The van der Waals surface area contributed by atoms with E-state index in [1.165, 1.54) is 26.0 Å². The molecule has 1 unspecified atom stereocenters. The molecular weight excluding hydrogens is 670 g/mol. The van der Waals surface area contributed by atoms with Gasteiger partial charge in [0, 0.05) is 20.0 Å². The Kier molecular flexibility index (Phi) is 23.6. The van der Waals surface area contributed by atoms with E-state index in [0.717, 1.165) is 0 Å². The maximum atomic E-state index is 13.0. The molecule has 1 aromatic carbocycles. The summed E-state index contributed by atoms with van der Waals surface area (Å²) in [5, 5.41) is 32.1. The van der Waals surface area contributed by atoms with Crippen molar-refractivity contribution in [3.63, 3.8) is 0 Å². The standard InChI is InChI=1S/C33H54N7O11/c1-22(40-33(48)26(34)17-24-6-8-25(43)9-7-24)29(44)18-38-27(30(45)19-39-28(20-41)32(35)47)5-3-4-10-37-31(46)21-51-16-15-50-14-13-49-12-11-36-23(2)42/h6-9,22,26-28,34,38-39,41,43H,3-5,10-21H2,1-2H3,(H2,35,47)(H,36,42)(H,37,46)(H,40,48)/t22?,26-,27-,28-/m0/s1. The second-order valence-corrected chi connectivity index (χ2v) is 11.6. The summed E-state index contributed by atoms with van der Waals surface area (Å²) in [5.41, 5.74) is 14.0. The number of aromatic hydroxyl groups is 1. The van der Waals surface area contributed by atoms with Crippen LogP contribution in [0.5, 0.6) is 5.75 Å². The predicted molar refractivity (Wildman–Crippen MR) is 184 cm³/mol. The fourth-order valence-electron chi connectivity index (χ4n) is 4.37. The summed E-state index contributed by atoms with van der Waals surface area (Å²) >= 11 is 0. The van der Waals surface area contributed by atoms with Crippen LogP contribution in [0.3, 0.4) is 0 Å². The highest BCUT2D eigenvalue weighted by Gasteiger charge is 2.24.